The highest BCUT2D eigenvalue weighted by atomic mass is 32.2. The number of alkyl carbamates (subject to hydrolysis) is 1. The third-order valence-corrected chi connectivity index (χ3v) is 10.1. The zero-order valence-corrected chi connectivity index (χ0v) is 26.0. The summed E-state index contributed by atoms with van der Waals surface area (Å²) in [5.41, 5.74) is 10.6. The Balaban J connectivity index is 1.43. The number of guanidine groups is 1. The maximum Gasteiger partial charge on any atom is 0.407 e. The summed E-state index contributed by atoms with van der Waals surface area (Å²) in [4.78, 5) is 24.2. The molecule has 234 valence electrons. The summed E-state index contributed by atoms with van der Waals surface area (Å²) < 4.78 is 67.2. The van der Waals surface area contributed by atoms with Crippen LogP contribution in [0.2, 0.25) is 0 Å². The molecule has 0 radical (unpaired) electrons. The Labute approximate surface area is 255 Å². The monoisotopic (exact) mass is 644 g/mol. The molecule has 44 heavy (non-hydrogen) atoms. The highest BCUT2D eigenvalue weighted by Gasteiger charge is 2.32. The predicted octanol–water partition coefficient (Wildman–Crippen LogP) is 2.54. The summed E-state index contributed by atoms with van der Waals surface area (Å²) in [5.74, 6) is -3.72. The molecule has 1 atom stereocenters. The number of carbonyl (C=O) groups is 2. The number of carboxylic acids is 1. The highest BCUT2D eigenvalue weighted by molar-refractivity contribution is 7.91. The zero-order valence-electron chi connectivity index (χ0n) is 24.3. The van der Waals surface area contributed by atoms with E-state index in [1.807, 2.05) is 53.8 Å². The molecular weight excluding hydrogens is 612 g/mol. The first-order valence-electron chi connectivity index (χ1n) is 13.2. The van der Waals surface area contributed by atoms with Crippen LogP contribution < -0.4 is 20.5 Å². The van der Waals surface area contributed by atoms with Gasteiger partial charge in [-0.3, -0.25) is 4.72 Å². The standard InChI is InChI=1S/C29H32N4O9S2/c1-16-13-25(41-4)17(2)18(3)26(16)44(39,40)33-28(30)32-43(37,38)15-24(27(34)35)31-29(36)42-14-23-21-11-7-5-9-19(21)20-10-6-8-12-22(20)23/h5-13,23-24H,14-15H2,1-4H3,(H,31,36)(H,34,35)(H3,30,32,33)/t24-/m0/s1. The number of aliphatic carboxylic acids is 1. The fraction of sp³-hybridized carbons (Fsp3) is 0.276. The van der Waals surface area contributed by atoms with Crippen molar-refractivity contribution < 1.29 is 41.0 Å². The van der Waals surface area contributed by atoms with Crippen molar-refractivity contribution in [2.75, 3.05) is 19.5 Å². The van der Waals surface area contributed by atoms with Crippen LogP contribution in [0.5, 0.6) is 5.75 Å². The maximum absolute atomic E-state index is 13.0. The number of carboxylic acid groups (broad SMARTS) is 1. The van der Waals surface area contributed by atoms with Crippen LogP contribution in [-0.4, -0.2) is 65.5 Å². The molecule has 0 aliphatic heterocycles. The van der Waals surface area contributed by atoms with E-state index in [1.165, 1.54) is 20.1 Å². The number of nitrogens with one attached hydrogen (secondary N) is 2. The number of amides is 1. The molecule has 0 aromatic heterocycles. The summed E-state index contributed by atoms with van der Waals surface area (Å²) >= 11 is 0. The molecule has 15 heteroatoms. The smallest absolute Gasteiger partial charge is 0.407 e. The van der Waals surface area contributed by atoms with Gasteiger partial charge in [0.25, 0.3) is 10.0 Å². The van der Waals surface area contributed by atoms with E-state index in [9.17, 15) is 31.5 Å². The number of fused-ring (bicyclic) bond motifs is 3. The molecule has 4 rings (SSSR count). The van der Waals surface area contributed by atoms with Crippen molar-refractivity contribution in [3.05, 3.63) is 82.4 Å². The van der Waals surface area contributed by atoms with Gasteiger partial charge in [0.2, 0.25) is 16.0 Å². The van der Waals surface area contributed by atoms with Gasteiger partial charge in [-0.15, -0.1) is 4.40 Å². The molecule has 0 saturated heterocycles. The van der Waals surface area contributed by atoms with E-state index < -0.39 is 49.9 Å². The van der Waals surface area contributed by atoms with Gasteiger partial charge in [-0.25, -0.2) is 18.0 Å². The van der Waals surface area contributed by atoms with Gasteiger partial charge >= 0.3 is 12.1 Å². The molecule has 1 aliphatic rings. The van der Waals surface area contributed by atoms with Crippen molar-refractivity contribution in [1.82, 2.24) is 10.0 Å². The predicted molar refractivity (Wildman–Crippen MR) is 163 cm³/mol. The number of methoxy groups -OCH3 is 1. The second-order valence-corrected chi connectivity index (χ2v) is 13.5. The van der Waals surface area contributed by atoms with Gasteiger partial charge in [0.1, 0.15) is 24.2 Å². The molecule has 0 unspecified atom stereocenters. The molecular formula is C29H32N4O9S2. The number of hydrogen-bond acceptors (Lipinski definition) is 8. The Morgan fingerprint density at radius 3 is 2.09 bits per heavy atom. The molecule has 3 aromatic carbocycles. The van der Waals surface area contributed by atoms with Gasteiger partial charge in [-0.05, 0) is 65.8 Å². The second kappa shape index (κ2) is 12.5. The Morgan fingerprint density at radius 1 is 0.977 bits per heavy atom. The third kappa shape index (κ3) is 6.78. The summed E-state index contributed by atoms with van der Waals surface area (Å²) in [6.45, 7) is 4.58. The minimum atomic E-state index is -4.62. The van der Waals surface area contributed by atoms with E-state index in [1.54, 1.807) is 18.6 Å². The van der Waals surface area contributed by atoms with Gasteiger partial charge in [0.15, 0.2) is 0 Å². The van der Waals surface area contributed by atoms with E-state index in [0.29, 0.717) is 22.4 Å². The van der Waals surface area contributed by atoms with Crippen LogP contribution in [0, 0.1) is 20.8 Å². The molecule has 5 N–H and O–H groups in total. The number of benzene rings is 3. The van der Waals surface area contributed by atoms with Crippen molar-refractivity contribution >= 4 is 38.1 Å². The second-order valence-electron chi connectivity index (χ2n) is 10.2. The van der Waals surface area contributed by atoms with Crippen LogP contribution in [-0.2, 0) is 29.6 Å². The average Bonchev–Trinajstić information content (AvgIpc) is 3.26. The normalized spacial score (nSPS) is 13.9. The highest BCUT2D eigenvalue weighted by Crippen LogP contribution is 2.44. The van der Waals surface area contributed by atoms with Crippen LogP contribution in [0.15, 0.2) is 63.9 Å². The number of rotatable bonds is 10. The van der Waals surface area contributed by atoms with Gasteiger partial charge < -0.3 is 25.6 Å². The zero-order chi connectivity index (χ0) is 32.4. The lowest BCUT2D eigenvalue weighted by molar-refractivity contribution is -0.138. The minimum absolute atomic E-state index is 0.127. The van der Waals surface area contributed by atoms with Gasteiger partial charge in [-0.1, -0.05) is 48.5 Å². The molecule has 13 nitrogen and oxygen atoms in total. The number of aryl methyl sites for hydroxylation is 1. The molecule has 0 saturated carbocycles. The fourth-order valence-corrected chi connectivity index (χ4v) is 7.77. The number of nitrogens with zero attached hydrogens (tertiary/aromatic N) is 1. The number of hydrogen-bond donors (Lipinski definition) is 4. The molecule has 0 spiro atoms. The first kappa shape index (κ1) is 32.3. The largest absolute Gasteiger partial charge is 0.496 e. The quantitative estimate of drug-likeness (QED) is 0.188. The van der Waals surface area contributed by atoms with Crippen molar-refractivity contribution in [3.63, 3.8) is 0 Å². The van der Waals surface area contributed by atoms with Crippen LogP contribution in [0.4, 0.5) is 4.79 Å². The van der Waals surface area contributed by atoms with Crippen LogP contribution >= 0.6 is 0 Å². The number of carbonyl (C=O) groups excluding carboxylic acids is 1. The van der Waals surface area contributed by atoms with Gasteiger partial charge in [-0.2, -0.15) is 8.42 Å². The average molecular weight is 645 g/mol. The molecule has 3 aromatic rings. The van der Waals surface area contributed by atoms with Crippen LogP contribution in [0.3, 0.4) is 0 Å². The van der Waals surface area contributed by atoms with E-state index >= 15 is 0 Å². The fourth-order valence-electron chi connectivity index (χ4n) is 5.20. The Hall–Kier alpha value is -4.63. The molecule has 1 amide bonds. The van der Waals surface area contributed by atoms with E-state index in [0.717, 1.165) is 22.3 Å². The Morgan fingerprint density at radius 2 is 1.55 bits per heavy atom. The van der Waals surface area contributed by atoms with Crippen molar-refractivity contribution in [3.8, 4) is 16.9 Å². The third-order valence-electron chi connectivity index (χ3n) is 7.25. The molecule has 1 aliphatic carbocycles. The molecule has 0 bridgehead atoms. The first-order chi connectivity index (χ1) is 20.6. The lowest BCUT2D eigenvalue weighted by Crippen LogP contribution is -2.49. The number of nitrogens with two attached hydrogens (primary N) is 1. The van der Waals surface area contributed by atoms with Crippen LogP contribution in [0.1, 0.15) is 33.7 Å². The van der Waals surface area contributed by atoms with Crippen molar-refractivity contribution in [1.29, 1.82) is 0 Å². The summed E-state index contributed by atoms with van der Waals surface area (Å²) in [6, 6.07) is 14.8. The van der Waals surface area contributed by atoms with Gasteiger partial charge in [0.05, 0.1) is 12.0 Å². The first-order valence-corrected chi connectivity index (χ1v) is 16.3. The van der Waals surface area contributed by atoms with Crippen LogP contribution in [0.25, 0.3) is 11.1 Å². The summed E-state index contributed by atoms with van der Waals surface area (Å²) in [7, 11) is -7.67. The summed E-state index contributed by atoms with van der Waals surface area (Å²) in [5, 5.41) is 11.6. The molecule has 0 heterocycles. The SMILES string of the molecule is COc1cc(C)c(S(=O)(=O)/N=C(\N)NS(=O)(=O)C[C@H](NC(=O)OCC2c3ccccc3-c3ccccc32)C(=O)O)c(C)c1C. The minimum Gasteiger partial charge on any atom is -0.496 e. The van der Waals surface area contributed by atoms with E-state index in [2.05, 4.69) is 4.40 Å². The Kier molecular flexibility index (Phi) is 9.20. The Bertz CT molecular complexity index is 1830. The number of sulfonamides is 2. The lowest BCUT2D eigenvalue weighted by Gasteiger charge is -2.18. The van der Waals surface area contributed by atoms with Crippen molar-refractivity contribution in [2.24, 2.45) is 10.1 Å². The topological polar surface area (TPSA) is 204 Å². The molecule has 0 fully saturated rings. The van der Waals surface area contributed by atoms with Gasteiger partial charge in [0, 0.05) is 5.92 Å². The van der Waals surface area contributed by atoms with E-state index in [-0.39, 0.29) is 17.4 Å². The lowest BCUT2D eigenvalue weighted by atomic mass is 9.98. The number of ether oxygens (including phenoxy) is 2. The van der Waals surface area contributed by atoms with E-state index in [4.69, 9.17) is 15.2 Å². The van der Waals surface area contributed by atoms with Crippen molar-refractivity contribution in [2.45, 2.75) is 37.6 Å². The summed E-state index contributed by atoms with van der Waals surface area (Å²) in [6.07, 6.45) is -1.15. The maximum atomic E-state index is 13.0.